The van der Waals surface area contributed by atoms with Crippen LogP contribution >= 0.6 is 15.2 Å². The molecule has 0 bridgehead atoms. The Labute approximate surface area is 196 Å². The average Bonchev–Trinajstić information content (AvgIpc) is 2.84. The molecular weight excluding hydrogens is 446 g/mol. The van der Waals surface area contributed by atoms with Crippen molar-refractivity contribution in [3.63, 3.8) is 0 Å². The Balaban J connectivity index is 1.39. The van der Waals surface area contributed by atoms with Crippen molar-refractivity contribution >= 4 is 20.5 Å². The van der Waals surface area contributed by atoms with Crippen LogP contribution in [0, 0.1) is 0 Å². The third kappa shape index (κ3) is 4.60. The summed E-state index contributed by atoms with van der Waals surface area (Å²) < 4.78 is 6.25. The lowest BCUT2D eigenvalue weighted by Crippen LogP contribution is -2.25. The molecule has 0 aliphatic carbocycles. The van der Waals surface area contributed by atoms with Gasteiger partial charge in [-0.3, -0.25) is 0 Å². The third-order valence-electron chi connectivity index (χ3n) is 6.24. The molecule has 4 aromatic carbocycles. The van der Waals surface area contributed by atoms with Gasteiger partial charge >= 0.3 is 7.72 Å². The summed E-state index contributed by atoms with van der Waals surface area (Å²) in [5.41, 5.74) is 5.51. The molecule has 0 fully saturated rings. The predicted octanol–water partition coefficient (Wildman–Crippen LogP) is 6.63. The van der Waals surface area contributed by atoms with E-state index in [9.17, 15) is 9.79 Å². The van der Waals surface area contributed by atoms with Crippen molar-refractivity contribution < 1.29 is 14.3 Å². The molecule has 3 nitrogen and oxygen atoms in total. The van der Waals surface area contributed by atoms with E-state index in [4.69, 9.17) is 4.52 Å². The van der Waals surface area contributed by atoms with Gasteiger partial charge in [0.1, 0.15) is 24.3 Å². The van der Waals surface area contributed by atoms with Crippen LogP contribution in [0.1, 0.15) is 5.56 Å². The van der Waals surface area contributed by atoms with Gasteiger partial charge in [-0.15, -0.1) is 0 Å². The quantitative estimate of drug-likeness (QED) is 0.308. The number of benzene rings is 4. The maximum absolute atomic E-state index is 11.9. The van der Waals surface area contributed by atoms with Gasteiger partial charge in [-0.2, -0.15) is 0 Å². The van der Waals surface area contributed by atoms with Crippen LogP contribution < -0.4 is 9.83 Å². The summed E-state index contributed by atoms with van der Waals surface area (Å²) in [5, 5.41) is 1.04. The van der Waals surface area contributed by atoms with Gasteiger partial charge in [0, 0.05) is 11.1 Å². The average molecular weight is 474 g/mol. The smallest absolute Gasteiger partial charge is 0.317 e. The van der Waals surface area contributed by atoms with E-state index in [1.54, 1.807) is 6.66 Å². The molecule has 0 saturated carbocycles. The fourth-order valence-corrected chi connectivity index (χ4v) is 10.5. The van der Waals surface area contributed by atoms with Crippen molar-refractivity contribution in [2.45, 2.75) is 6.16 Å². The number of rotatable bonds is 6. The van der Waals surface area contributed by atoms with Crippen LogP contribution in [0.3, 0.4) is 0 Å². The molecule has 0 amide bonds. The lowest BCUT2D eigenvalue weighted by Gasteiger charge is -2.29. The maximum atomic E-state index is 11.9. The van der Waals surface area contributed by atoms with Gasteiger partial charge in [-0.1, -0.05) is 91.0 Å². The number of hydrogen-bond acceptors (Lipinski definition) is 3. The number of hydrogen-bond donors (Lipinski definition) is 2. The lowest BCUT2D eigenvalue weighted by molar-refractivity contribution is 0.465. The first-order chi connectivity index (χ1) is 16.0. The van der Waals surface area contributed by atoms with Crippen LogP contribution in [0.5, 0.6) is 5.75 Å². The summed E-state index contributed by atoms with van der Waals surface area (Å²) in [4.78, 5) is 23.2. The largest absolute Gasteiger partial charge is 0.319 e. The first-order valence-corrected chi connectivity index (χ1v) is 15.6. The van der Waals surface area contributed by atoms with E-state index in [1.165, 1.54) is 11.1 Å². The molecule has 2 atom stereocenters. The number of para-hydroxylation sites is 1. The van der Waals surface area contributed by atoms with Crippen LogP contribution in [-0.2, 0) is 6.16 Å². The van der Waals surface area contributed by atoms with Gasteiger partial charge in [0.2, 0.25) is 0 Å². The first-order valence-electron chi connectivity index (χ1n) is 11.2. The van der Waals surface area contributed by atoms with Gasteiger partial charge in [0.05, 0.1) is 0 Å². The number of fused-ring (bicyclic) bond motifs is 3. The summed E-state index contributed by atoms with van der Waals surface area (Å²) in [7, 11) is -5.22. The Hall–Kier alpha value is -2.54. The molecule has 1 aliphatic heterocycles. The zero-order chi connectivity index (χ0) is 22.9. The molecule has 2 N–H and O–H groups in total. The van der Waals surface area contributed by atoms with Crippen molar-refractivity contribution in [2.24, 2.45) is 0 Å². The Bertz CT molecular complexity index is 1270. The minimum Gasteiger partial charge on any atom is -0.319 e. The first kappa shape index (κ1) is 22.3. The van der Waals surface area contributed by atoms with E-state index >= 15 is 0 Å². The molecule has 1 aliphatic rings. The van der Waals surface area contributed by atoms with Crippen LogP contribution in [0.4, 0.5) is 0 Å². The van der Waals surface area contributed by atoms with Crippen LogP contribution in [0.15, 0.2) is 103 Å². The predicted molar refractivity (Wildman–Crippen MR) is 142 cm³/mol. The highest BCUT2D eigenvalue weighted by Crippen LogP contribution is 2.65. The molecule has 33 heavy (non-hydrogen) atoms. The summed E-state index contributed by atoms with van der Waals surface area (Å²) in [5.74, 6) is 0.682. The normalized spacial score (nSPS) is 18.6. The second-order valence-electron chi connectivity index (χ2n) is 8.71. The summed E-state index contributed by atoms with van der Waals surface area (Å²) >= 11 is 0. The van der Waals surface area contributed by atoms with Crippen molar-refractivity contribution in [2.75, 3.05) is 19.0 Å². The van der Waals surface area contributed by atoms with Crippen molar-refractivity contribution in [1.82, 2.24) is 0 Å². The second kappa shape index (κ2) is 9.01. The standard InChI is InChI=1S/C28H28O3P2/c1-32(29,31-27-17-9-7-15-25(27)22-11-3-2-4-12-22)19-20-33(30)21-23-13-5-6-14-24(23)26-16-8-10-18-28(26)33/h2-18,29-30H,19-21H2,1H3/q+2. The van der Waals surface area contributed by atoms with Gasteiger partial charge < -0.3 is 4.52 Å². The van der Waals surface area contributed by atoms with Gasteiger partial charge in [0.25, 0.3) is 0 Å². The molecule has 5 heteroatoms. The minimum absolute atomic E-state index is 0.441. The summed E-state index contributed by atoms with van der Waals surface area (Å²) in [6, 6.07) is 34.4. The third-order valence-corrected chi connectivity index (χ3v) is 11.4. The van der Waals surface area contributed by atoms with Gasteiger partial charge in [-0.05, 0) is 28.8 Å². The molecule has 5 rings (SSSR count). The van der Waals surface area contributed by atoms with Crippen molar-refractivity contribution in [3.8, 4) is 28.0 Å². The van der Waals surface area contributed by atoms with E-state index in [0.717, 1.165) is 22.0 Å². The van der Waals surface area contributed by atoms with E-state index < -0.39 is 15.2 Å². The molecule has 4 aromatic rings. The molecule has 0 saturated heterocycles. The Morgan fingerprint density at radius 2 is 1.36 bits per heavy atom. The van der Waals surface area contributed by atoms with Gasteiger partial charge in [0.15, 0.2) is 19.4 Å². The molecule has 1 heterocycles. The molecule has 166 valence electrons. The van der Waals surface area contributed by atoms with Gasteiger partial charge in [-0.25, -0.2) is 9.79 Å². The Morgan fingerprint density at radius 1 is 0.758 bits per heavy atom. The van der Waals surface area contributed by atoms with E-state index in [2.05, 4.69) is 24.3 Å². The highest BCUT2D eigenvalue weighted by Gasteiger charge is 2.49. The van der Waals surface area contributed by atoms with E-state index in [0.29, 0.717) is 24.2 Å². The van der Waals surface area contributed by atoms with Crippen LogP contribution in [0.2, 0.25) is 0 Å². The highest BCUT2D eigenvalue weighted by atomic mass is 31.2. The fourth-order valence-electron chi connectivity index (χ4n) is 4.56. The van der Waals surface area contributed by atoms with Crippen molar-refractivity contribution in [3.05, 3.63) is 109 Å². The Kier molecular flexibility index (Phi) is 6.08. The molecular formula is C28H28O3P2+2. The highest BCUT2D eigenvalue weighted by molar-refractivity contribution is 7.78. The SMILES string of the molecule is C[P+](O)(CC[P+]1(O)Cc2ccccc2-c2ccccc21)Oc1ccccc1-c1ccccc1. The molecule has 0 aromatic heterocycles. The fraction of sp³-hybridized carbons (Fsp3) is 0.143. The van der Waals surface area contributed by atoms with Crippen LogP contribution in [0.25, 0.3) is 22.3 Å². The summed E-state index contributed by atoms with van der Waals surface area (Å²) in [6.45, 7) is 1.80. The van der Waals surface area contributed by atoms with Crippen molar-refractivity contribution in [1.29, 1.82) is 0 Å². The summed E-state index contributed by atoms with van der Waals surface area (Å²) in [6.07, 6.45) is 1.62. The zero-order valence-electron chi connectivity index (χ0n) is 18.6. The minimum atomic E-state index is -2.75. The van der Waals surface area contributed by atoms with E-state index in [-0.39, 0.29) is 0 Å². The lowest BCUT2D eigenvalue weighted by atomic mass is 10.0. The van der Waals surface area contributed by atoms with Crippen LogP contribution in [-0.4, -0.2) is 28.8 Å². The molecule has 0 radical (unpaired) electrons. The topological polar surface area (TPSA) is 49.7 Å². The molecule has 0 spiro atoms. The maximum Gasteiger partial charge on any atom is 0.317 e. The Morgan fingerprint density at radius 3 is 2.15 bits per heavy atom. The molecule has 2 unspecified atom stereocenters. The zero-order valence-corrected chi connectivity index (χ0v) is 20.4. The monoisotopic (exact) mass is 474 g/mol. The van der Waals surface area contributed by atoms with E-state index in [1.807, 2.05) is 78.9 Å². The second-order valence-corrected chi connectivity index (χ2v) is 14.5.